The van der Waals surface area contributed by atoms with Crippen molar-refractivity contribution in [1.29, 1.82) is 0 Å². The normalized spacial score (nSPS) is 24.7. The van der Waals surface area contributed by atoms with Crippen molar-refractivity contribution in [1.82, 2.24) is 0 Å². The molecule has 0 aromatic heterocycles. The number of halogens is 1. The van der Waals surface area contributed by atoms with Gasteiger partial charge in [-0.25, -0.2) is 4.39 Å². The summed E-state index contributed by atoms with van der Waals surface area (Å²) >= 11 is 0. The Morgan fingerprint density at radius 2 is 1.53 bits per heavy atom. The fourth-order valence-corrected chi connectivity index (χ4v) is 4.85. The molecule has 6 nitrogen and oxygen atoms in total. The summed E-state index contributed by atoms with van der Waals surface area (Å²) in [5, 5.41) is 0. The van der Waals surface area contributed by atoms with E-state index in [0.29, 0.717) is 32.0 Å². The van der Waals surface area contributed by atoms with Crippen molar-refractivity contribution < 1.29 is 32.8 Å². The van der Waals surface area contributed by atoms with Crippen molar-refractivity contribution in [2.45, 2.75) is 44.1 Å². The van der Waals surface area contributed by atoms with Gasteiger partial charge in [0.25, 0.3) is 0 Å². The van der Waals surface area contributed by atoms with Crippen LogP contribution >= 0.6 is 0 Å². The predicted molar refractivity (Wildman–Crippen MR) is 132 cm³/mol. The Balaban J connectivity index is 1.32. The number of hydrogen-bond acceptors (Lipinski definition) is 6. The van der Waals surface area contributed by atoms with Crippen LogP contribution in [0.25, 0.3) is 0 Å². The fourth-order valence-electron chi connectivity index (χ4n) is 4.85. The maximum absolute atomic E-state index is 13.9. The Kier molecular flexibility index (Phi) is 7.25. The van der Waals surface area contributed by atoms with E-state index < -0.39 is 5.60 Å². The molecule has 5 rings (SSSR count). The van der Waals surface area contributed by atoms with Gasteiger partial charge in [-0.15, -0.1) is 0 Å². The van der Waals surface area contributed by atoms with E-state index in [2.05, 4.69) is 0 Å². The lowest BCUT2D eigenvalue weighted by Gasteiger charge is -2.31. The average Bonchev–Trinajstić information content (AvgIpc) is 3.41. The lowest BCUT2D eigenvalue weighted by Crippen LogP contribution is -2.46. The second kappa shape index (κ2) is 10.6. The van der Waals surface area contributed by atoms with Gasteiger partial charge in [0, 0.05) is 0 Å². The molecular formula is C29H31FO6. The second-order valence-corrected chi connectivity index (χ2v) is 9.31. The van der Waals surface area contributed by atoms with Crippen LogP contribution in [0.3, 0.4) is 0 Å². The molecule has 2 aliphatic heterocycles. The van der Waals surface area contributed by atoms with E-state index in [-0.39, 0.29) is 24.1 Å². The largest absolute Gasteiger partial charge is 0.497 e. The molecule has 3 aromatic rings. The van der Waals surface area contributed by atoms with Gasteiger partial charge in [-0.2, -0.15) is 0 Å². The zero-order valence-electron chi connectivity index (χ0n) is 20.7. The zero-order valence-corrected chi connectivity index (χ0v) is 20.7. The molecule has 2 heterocycles. The monoisotopic (exact) mass is 494 g/mol. The van der Waals surface area contributed by atoms with Crippen molar-refractivity contribution in [3.63, 3.8) is 0 Å². The summed E-state index contributed by atoms with van der Waals surface area (Å²) in [7, 11) is 3.28. The number of rotatable bonds is 10. The first-order valence-corrected chi connectivity index (χ1v) is 12.0. The molecule has 7 heteroatoms. The van der Waals surface area contributed by atoms with Gasteiger partial charge in [0.2, 0.25) is 0 Å². The predicted octanol–water partition coefficient (Wildman–Crippen LogP) is 5.16. The van der Waals surface area contributed by atoms with E-state index in [1.165, 1.54) is 6.07 Å². The van der Waals surface area contributed by atoms with E-state index in [4.69, 9.17) is 28.4 Å². The Bertz CT molecular complexity index is 1170. The summed E-state index contributed by atoms with van der Waals surface area (Å²) in [5.41, 5.74) is 2.72. The minimum atomic E-state index is -0.767. The van der Waals surface area contributed by atoms with Crippen LogP contribution < -0.4 is 9.47 Å². The number of aryl methyl sites for hydroxylation is 1. The second-order valence-electron chi connectivity index (χ2n) is 9.31. The number of fused-ring (bicyclic) bond motifs is 2. The molecule has 3 aromatic carbocycles. The van der Waals surface area contributed by atoms with Gasteiger partial charge in [0.15, 0.2) is 0 Å². The lowest BCUT2D eigenvalue weighted by atomic mass is 9.96. The van der Waals surface area contributed by atoms with Crippen LogP contribution in [0.2, 0.25) is 0 Å². The first-order valence-electron chi connectivity index (χ1n) is 12.0. The van der Waals surface area contributed by atoms with E-state index in [1.54, 1.807) is 27.2 Å². The van der Waals surface area contributed by atoms with Crippen LogP contribution in [0, 0.1) is 12.7 Å². The summed E-state index contributed by atoms with van der Waals surface area (Å²) in [6.45, 7) is 3.24. The van der Waals surface area contributed by atoms with Crippen molar-refractivity contribution in [2.24, 2.45) is 0 Å². The molecule has 0 saturated carbocycles. The number of methoxy groups -OCH3 is 2. The molecule has 4 atom stereocenters. The van der Waals surface area contributed by atoms with Gasteiger partial charge < -0.3 is 28.4 Å². The maximum atomic E-state index is 13.9. The topological polar surface area (TPSA) is 55.4 Å². The van der Waals surface area contributed by atoms with Crippen molar-refractivity contribution >= 4 is 0 Å². The summed E-state index contributed by atoms with van der Waals surface area (Å²) in [4.78, 5) is 0. The average molecular weight is 495 g/mol. The number of hydrogen-bond donors (Lipinski definition) is 0. The smallest absolute Gasteiger partial charge is 0.144 e. The van der Waals surface area contributed by atoms with Gasteiger partial charge in [-0.05, 0) is 59.5 Å². The molecule has 36 heavy (non-hydrogen) atoms. The van der Waals surface area contributed by atoms with Crippen LogP contribution in [-0.4, -0.2) is 45.2 Å². The van der Waals surface area contributed by atoms with Gasteiger partial charge in [0.05, 0.1) is 40.6 Å². The highest BCUT2D eigenvalue weighted by Gasteiger charge is 2.62. The lowest BCUT2D eigenvalue weighted by molar-refractivity contribution is -0.176. The van der Waals surface area contributed by atoms with Crippen LogP contribution in [0.15, 0.2) is 66.7 Å². The molecule has 2 fully saturated rings. The summed E-state index contributed by atoms with van der Waals surface area (Å²) < 4.78 is 49.8. The van der Waals surface area contributed by atoms with Gasteiger partial charge in [0.1, 0.15) is 41.2 Å². The van der Waals surface area contributed by atoms with Crippen molar-refractivity contribution in [3.8, 4) is 11.5 Å². The van der Waals surface area contributed by atoms with Gasteiger partial charge in [-0.3, -0.25) is 0 Å². The zero-order chi connectivity index (χ0) is 25.1. The standard InChI is InChI=1S/C29H31FO6/c1-19-14-22(8-13-25(19)30)26-27-28(34-16-21-6-11-24(32-3)12-7-21)29(36-26,18-35-27)17-33-15-20-4-9-23(31-2)10-5-20/h4-14,26-28H,15-18H2,1-3H3/t26-,27-,28-,29-/m0/s1. The van der Waals surface area contributed by atoms with Crippen molar-refractivity contribution in [2.75, 3.05) is 27.4 Å². The minimum Gasteiger partial charge on any atom is -0.497 e. The minimum absolute atomic E-state index is 0.243. The molecule has 2 aliphatic rings. The van der Waals surface area contributed by atoms with Crippen molar-refractivity contribution in [3.05, 3.63) is 94.8 Å². The maximum Gasteiger partial charge on any atom is 0.144 e. The Hall–Kier alpha value is -2.97. The highest BCUT2D eigenvalue weighted by molar-refractivity contribution is 5.30. The Morgan fingerprint density at radius 3 is 2.14 bits per heavy atom. The van der Waals surface area contributed by atoms with E-state index in [1.807, 2.05) is 54.6 Å². The van der Waals surface area contributed by atoms with Gasteiger partial charge >= 0.3 is 0 Å². The SMILES string of the molecule is COc1ccc(COC[C@@]23CO[C@@H]([C@H](c4ccc(F)c(C)c4)O2)[C@@H]3OCc2ccc(OC)cc2)cc1. The molecule has 0 unspecified atom stereocenters. The van der Waals surface area contributed by atoms with Gasteiger partial charge in [-0.1, -0.05) is 36.4 Å². The third-order valence-corrected chi connectivity index (χ3v) is 6.87. The van der Waals surface area contributed by atoms with E-state index in [0.717, 1.165) is 28.2 Å². The fraction of sp³-hybridized carbons (Fsp3) is 0.379. The first kappa shape index (κ1) is 24.7. The molecule has 2 bridgehead atoms. The molecule has 0 spiro atoms. The Labute approximate surface area is 210 Å². The highest BCUT2D eigenvalue weighted by atomic mass is 19.1. The quantitative estimate of drug-likeness (QED) is 0.388. The van der Waals surface area contributed by atoms with Crippen LogP contribution in [-0.2, 0) is 32.2 Å². The molecule has 0 radical (unpaired) electrons. The summed E-state index contributed by atoms with van der Waals surface area (Å²) in [5.74, 6) is 1.35. The third-order valence-electron chi connectivity index (χ3n) is 6.87. The van der Waals surface area contributed by atoms with Crippen LogP contribution in [0.4, 0.5) is 4.39 Å². The first-order chi connectivity index (χ1) is 17.5. The molecular weight excluding hydrogens is 463 g/mol. The highest BCUT2D eigenvalue weighted by Crippen LogP contribution is 2.49. The van der Waals surface area contributed by atoms with Crippen LogP contribution in [0.5, 0.6) is 11.5 Å². The summed E-state index contributed by atoms with van der Waals surface area (Å²) in [6, 6.07) is 20.6. The molecule has 0 amide bonds. The molecule has 2 saturated heterocycles. The number of ether oxygens (including phenoxy) is 6. The molecule has 0 N–H and O–H groups in total. The molecule has 190 valence electrons. The van der Waals surface area contributed by atoms with E-state index >= 15 is 0 Å². The summed E-state index contributed by atoms with van der Waals surface area (Å²) in [6.07, 6.45) is -1.04. The third kappa shape index (κ3) is 4.97. The number of benzene rings is 3. The molecule has 0 aliphatic carbocycles. The van der Waals surface area contributed by atoms with Crippen LogP contribution in [0.1, 0.15) is 28.4 Å². The van der Waals surface area contributed by atoms with E-state index in [9.17, 15) is 4.39 Å². The Morgan fingerprint density at radius 1 is 0.889 bits per heavy atom.